The van der Waals surface area contributed by atoms with Gasteiger partial charge in [0.25, 0.3) is 0 Å². The van der Waals surface area contributed by atoms with E-state index in [4.69, 9.17) is 0 Å². The number of hydrogen-bond donors (Lipinski definition) is 0. The highest BCUT2D eigenvalue weighted by atomic mass is 15.1. The summed E-state index contributed by atoms with van der Waals surface area (Å²) in [5.74, 6) is 0. The predicted octanol–water partition coefficient (Wildman–Crippen LogP) is 10.3. The average Bonchev–Trinajstić information content (AvgIpc) is 3.30. The van der Waals surface area contributed by atoms with Gasteiger partial charge in [0.05, 0.1) is 12.6 Å². The highest BCUT2D eigenvalue weighted by molar-refractivity contribution is 4.72. The Bertz CT molecular complexity index is 507. The van der Waals surface area contributed by atoms with Crippen LogP contribution in [0.15, 0.2) is 18.7 Å². The van der Waals surface area contributed by atoms with Crippen molar-refractivity contribution >= 4 is 0 Å². The first-order valence-electron chi connectivity index (χ1n) is 15.3. The second kappa shape index (κ2) is 23.0. The van der Waals surface area contributed by atoms with Gasteiger partial charge in [-0.3, -0.25) is 0 Å². The van der Waals surface area contributed by atoms with Gasteiger partial charge in [-0.2, -0.15) is 0 Å². The molecular weight excluding hydrogens is 400 g/mol. The van der Waals surface area contributed by atoms with E-state index in [1.54, 1.807) is 0 Å². The highest BCUT2D eigenvalue weighted by Crippen LogP contribution is 2.17. The molecule has 0 fully saturated rings. The molecule has 0 saturated heterocycles. The van der Waals surface area contributed by atoms with E-state index in [2.05, 4.69) is 48.6 Å². The molecule has 1 aromatic heterocycles. The molecule has 0 N–H and O–H groups in total. The first-order valence-corrected chi connectivity index (χ1v) is 15.3. The lowest BCUT2D eigenvalue weighted by atomic mass is 10.0. The van der Waals surface area contributed by atoms with Crippen molar-refractivity contribution in [2.75, 3.05) is 0 Å². The summed E-state index contributed by atoms with van der Waals surface area (Å²) in [5.41, 5.74) is 0. The van der Waals surface area contributed by atoms with Crippen molar-refractivity contribution in [3.63, 3.8) is 0 Å². The fourth-order valence-corrected chi connectivity index (χ4v) is 5.02. The number of hydrogen-bond acceptors (Lipinski definition) is 0. The maximum atomic E-state index is 2.44. The quantitative estimate of drug-likeness (QED) is 0.101. The van der Waals surface area contributed by atoms with Crippen LogP contribution in [0, 0.1) is 0 Å². The van der Waals surface area contributed by atoms with Crippen LogP contribution in [0.4, 0.5) is 0 Å². The molecule has 1 aromatic rings. The fraction of sp³-hybridized carbons (Fsp3) is 0.903. The normalized spacial score (nSPS) is 12.5. The van der Waals surface area contributed by atoms with Gasteiger partial charge in [0.2, 0.25) is 6.33 Å². The molecule has 0 aromatic carbocycles. The van der Waals surface area contributed by atoms with E-state index in [-0.39, 0.29) is 0 Å². The molecule has 1 atom stereocenters. The third kappa shape index (κ3) is 18.2. The van der Waals surface area contributed by atoms with Crippen LogP contribution in [0.25, 0.3) is 0 Å². The summed E-state index contributed by atoms with van der Waals surface area (Å²) in [6.07, 6.45) is 39.7. The van der Waals surface area contributed by atoms with Crippen LogP contribution in [0.1, 0.15) is 174 Å². The lowest BCUT2D eigenvalue weighted by molar-refractivity contribution is -0.697. The van der Waals surface area contributed by atoms with Gasteiger partial charge in [0.15, 0.2) is 0 Å². The second-order valence-corrected chi connectivity index (χ2v) is 10.8. The number of unbranched alkanes of at least 4 members (excludes halogenated alkanes) is 20. The van der Waals surface area contributed by atoms with Crippen molar-refractivity contribution < 1.29 is 4.57 Å². The molecule has 0 saturated carbocycles. The Hall–Kier alpha value is -0.790. The Kier molecular flexibility index (Phi) is 21.1. The van der Waals surface area contributed by atoms with Gasteiger partial charge in [-0.1, -0.05) is 136 Å². The van der Waals surface area contributed by atoms with Crippen molar-refractivity contribution in [3.8, 4) is 0 Å². The van der Waals surface area contributed by atoms with Crippen molar-refractivity contribution in [3.05, 3.63) is 18.7 Å². The number of aromatic nitrogens is 2. The lowest BCUT2D eigenvalue weighted by Gasteiger charge is -2.08. The summed E-state index contributed by atoms with van der Waals surface area (Å²) in [6.45, 7) is 8.18. The van der Waals surface area contributed by atoms with E-state index >= 15 is 0 Å². The maximum Gasteiger partial charge on any atom is 0.243 e. The largest absolute Gasteiger partial charge is 0.243 e. The predicted molar refractivity (Wildman–Crippen MR) is 147 cm³/mol. The van der Waals surface area contributed by atoms with Crippen LogP contribution in [-0.4, -0.2) is 4.57 Å². The standard InChI is InChI=1S/C31H61N2/c1-4-6-8-10-12-14-15-16-17-18-19-20-22-24-26-31(3)33-29-28-32(30-33)27-25-23-21-13-11-9-7-5-2/h28-31H,4-27H2,1-3H3/q+1. The van der Waals surface area contributed by atoms with Crippen LogP contribution >= 0.6 is 0 Å². The molecule has 1 heterocycles. The van der Waals surface area contributed by atoms with Gasteiger partial charge in [0.1, 0.15) is 12.4 Å². The topological polar surface area (TPSA) is 8.81 Å². The summed E-state index contributed by atoms with van der Waals surface area (Å²) < 4.78 is 4.84. The Balaban J connectivity index is 1.91. The van der Waals surface area contributed by atoms with E-state index < -0.39 is 0 Å². The van der Waals surface area contributed by atoms with Crippen LogP contribution < -0.4 is 4.57 Å². The first kappa shape index (κ1) is 30.2. The third-order valence-electron chi connectivity index (χ3n) is 7.47. The zero-order valence-electron chi connectivity index (χ0n) is 23.2. The van der Waals surface area contributed by atoms with E-state index in [1.807, 2.05) is 0 Å². The summed E-state index contributed by atoms with van der Waals surface area (Å²) in [7, 11) is 0. The number of aryl methyl sites for hydroxylation is 1. The van der Waals surface area contributed by atoms with Crippen LogP contribution in [0.3, 0.4) is 0 Å². The Morgan fingerprint density at radius 3 is 1.39 bits per heavy atom. The minimum Gasteiger partial charge on any atom is -0.237 e. The van der Waals surface area contributed by atoms with Gasteiger partial charge in [-0.15, -0.1) is 0 Å². The van der Waals surface area contributed by atoms with Crippen molar-refractivity contribution in [1.29, 1.82) is 0 Å². The van der Waals surface area contributed by atoms with Crippen molar-refractivity contribution in [1.82, 2.24) is 4.57 Å². The van der Waals surface area contributed by atoms with E-state index in [0.717, 1.165) is 0 Å². The van der Waals surface area contributed by atoms with E-state index in [9.17, 15) is 0 Å². The van der Waals surface area contributed by atoms with Gasteiger partial charge in [0, 0.05) is 0 Å². The molecule has 0 amide bonds. The third-order valence-corrected chi connectivity index (χ3v) is 7.47. The zero-order valence-corrected chi connectivity index (χ0v) is 23.2. The molecule has 0 bridgehead atoms. The molecule has 2 nitrogen and oxygen atoms in total. The summed E-state index contributed by atoms with van der Waals surface area (Å²) >= 11 is 0. The number of nitrogens with zero attached hydrogens (tertiary/aromatic N) is 2. The molecule has 0 aliphatic heterocycles. The molecule has 1 unspecified atom stereocenters. The monoisotopic (exact) mass is 461 g/mol. The second-order valence-electron chi connectivity index (χ2n) is 10.8. The van der Waals surface area contributed by atoms with Gasteiger partial charge in [-0.25, -0.2) is 9.13 Å². The molecule has 2 heteroatoms. The van der Waals surface area contributed by atoms with Crippen LogP contribution in [0.2, 0.25) is 0 Å². The van der Waals surface area contributed by atoms with Gasteiger partial charge < -0.3 is 0 Å². The molecule has 1 rings (SSSR count). The van der Waals surface area contributed by atoms with Crippen molar-refractivity contribution in [2.24, 2.45) is 0 Å². The minimum atomic E-state index is 0.641. The van der Waals surface area contributed by atoms with Crippen LogP contribution in [0.5, 0.6) is 0 Å². The average molecular weight is 462 g/mol. The van der Waals surface area contributed by atoms with Gasteiger partial charge in [-0.05, 0) is 32.6 Å². The molecule has 0 aliphatic rings. The Morgan fingerprint density at radius 2 is 0.939 bits per heavy atom. The molecule has 0 spiro atoms. The molecule has 33 heavy (non-hydrogen) atoms. The molecule has 194 valence electrons. The summed E-state index contributed by atoms with van der Waals surface area (Å²) in [5, 5.41) is 0. The maximum absolute atomic E-state index is 2.44. The number of imidazole rings is 1. The van der Waals surface area contributed by atoms with E-state index in [0.29, 0.717) is 6.04 Å². The minimum absolute atomic E-state index is 0.641. The van der Waals surface area contributed by atoms with Gasteiger partial charge >= 0.3 is 0 Å². The summed E-state index contributed by atoms with van der Waals surface area (Å²) in [6, 6.07) is 0.641. The summed E-state index contributed by atoms with van der Waals surface area (Å²) in [4.78, 5) is 0. The van der Waals surface area contributed by atoms with Crippen LogP contribution in [-0.2, 0) is 6.54 Å². The SMILES string of the molecule is CCCCCCCCCCCCCCCCC(C)n1cc[n+](CCCCCCCCCC)c1. The van der Waals surface area contributed by atoms with Crippen molar-refractivity contribution in [2.45, 2.75) is 181 Å². The zero-order chi connectivity index (χ0) is 23.8. The Labute approximate surface area is 208 Å². The van der Waals surface area contributed by atoms with E-state index in [1.165, 1.54) is 154 Å². The Morgan fingerprint density at radius 1 is 0.545 bits per heavy atom. The lowest BCUT2D eigenvalue weighted by Crippen LogP contribution is -2.31. The first-order chi connectivity index (χ1) is 16.3. The molecule has 0 aliphatic carbocycles. The highest BCUT2D eigenvalue weighted by Gasteiger charge is 2.11. The fourth-order valence-electron chi connectivity index (χ4n) is 5.02. The number of rotatable bonds is 25. The molecular formula is C31H61N2+. The smallest absolute Gasteiger partial charge is 0.237 e. The molecule has 0 radical (unpaired) electrons.